The quantitative estimate of drug-likeness (QED) is 0.729. The smallest absolute Gasteiger partial charge is 0.237 e. The van der Waals surface area contributed by atoms with Gasteiger partial charge in [-0.15, -0.1) is 0 Å². The van der Waals surface area contributed by atoms with Crippen molar-refractivity contribution in [3.8, 4) is 0 Å². The van der Waals surface area contributed by atoms with Crippen molar-refractivity contribution in [2.24, 2.45) is 5.92 Å². The Labute approximate surface area is 111 Å². The van der Waals surface area contributed by atoms with E-state index in [1.165, 1.54) is 0 Å². The van der Waals surface area contributed by atoms with Gasteiger partial charge in [0.05, 0.1) is 12.1 Å². The highest BCUT2D eigenvalue weighted by molar-refractivity contribution is 5.81. The molecule has 1 aliphatic rings. The summed E-state index contributed by atoms with van der Waals surface area (Å²) in [5.74, 6) is 0.644. The molecule has 4 nitrogen and oxygen atoms in total. The molecule has 4 unspecified atom stereocenters. The minimum Gasteiger partial charge on any atom is -0.378 e. The van der Waals surface area contributed by atoms with Crippen molar-refractivity contribution in [3.63, 3.8) is 0 Å². The molecule has 4 heteroatoms. The van der Waals surface area contributed by atoms with E-state index in [0.29, 0.717) is 12.0 Å². The highest BCUT2D eigenvalue weighted by atomic mass is 16.5. The maximum atomic E-state index is 11.9. The van der Waals surface area contributed by atoms with Gasteiger partial charge in [0.25, 0.3) is 0 Å². The molecule has 0 aromatic rings. The van der Waals surface area contributed by atoms with Gasteiger partial charge in [0, 0.05) is 19.2 Å². The van der Waals surface area contributed by atoms with Crippen molar-refractivity contribution < 1.29 is 9.53 Å². The van der Waals surface area contributed by atoms with E-state index in [0.717, 1.165) is 32.4 Å². The predicted octanol–water partition coefficient (Wildman–Crippen LogP) is 1.69. The summed E-state index contributed by atoms with van der Waals surface area (Å²) in [5, 5.41) is 6.32. The van der Waals surface area contributed by atoms with E-state index < -0.39 is 0 Å². The molecule has 0 aromatic carbocycles. The lowest BCUT2D eigenvalue weighted by atomic mass is 9.99. The molecule has 1 heterocycles. The van der Waals surface area contributed by atoms with E-state index in [1.54, 1.807) is 0 Å². The lowest BCUT2D eigenvalue weighted by molar-refractivity contribution is -0.123. The molecule has 0 aromatic heterocycles. The first-order chi connectivity index (χ1) is 8.58. The second-order valence-corrected chi connectivity index (χ2v) is 5.31. The number of rotatable bonds is 7. The maximum Gasteiger partial charge on any atom is 0.237 e. The monoisotopic (exact) mass is 256 g/mol. The van der Waals surface area contributed by atoms with Gasteiger partial charge in [0.1, 0.15) is 0 Å². The summed E-state index contributed by atoms with van der Waals surface area (Å²) in [6, 6.07) is 0.122. The summed E-state index contributed by atoms with van der Waals surface area (Å²) in [6.07, 6.45) is 3.49. The fourth-order valence-corrected chi connectivity index (χ4v) is 2.27. The van der Waals surface area contributed by atoms with Crippen molar-refractivity contribution in [1.82, 2.24) is 10.6 Å². The maximum absolute atomic E-state index is 11.9. The van der Waals surface area contributed by atoms with Gasteiger partial charge in [-0.05, 0) is 39.0 Å². The normalized spacial score (nSPS) is 26.9. The van der Waals surface area contributed by atoms with E-state index in [-0.39, 0.29) is 18.0 Å². The Bertz CT molecular complexity index is 258. The molecule has 1 saturated heterocycles. The summed E-state index contributed by atoms with van der Waals surface area (Å²) in [5.41, 5.74) is 0. The average Bonchev–Trinajstić information content (AvgIpc) is 2.82. The van der Waals surface area contributed by atoms with Crippen LogP contribution in [-0.2, 0) is 9.53 Å². The van der Waals surface area contributed by atoms with Gasteiger partial charge < -0.3 is 15.4 Å². The summed E-state index contributed by atoms with van der Waals surface area (Å²) in [7, 11) is 0. The predicted molar refractivity (Wildman–Crippen MR) is 73.5 cm³/mol. The van der Waals surface area contributed by atoms with Crippen LogP contribution in [0.4, 0.5) is 0 Å². The second-order valence-electron chi connectivity index (χ2n) is 5.31. The Morgan fingerprint density at radius 1 is 1.39 bits per heavy atom. The first-order valence-corrected chi connectivity index (χ1v) is 7.23. The standard InChI is InChI=1S/C14H28N2O2/c1-5-10(3)16-14(17)11(4)15-9-12-7-8-18-13(12)6-2/h10-13,15H,5-9H2,1-4H3,(H,16,17). The Balaban J connectivity index is 2.27. The number of hydrogen-bond acceptors (Lipinski definition) is 3. The number of carbonyl (C=O) groups excluding carboxylic acids is 1. The van der Waals surface area contributed by atoms with Crippen LogP contribution >= 0.6 is 0 Å². The van der Waals surface area contributed by atoms with Gasteiger partial charge in [-0.3, -0.25) is 4.79 Å². The van der Waals surface area contributed by atoms with Gasteiger partial charge in [-0.2, -0.15) is 0 Å². The van der Waals surface area contributed by atoms with Crippen LogP contribution in [0.25, 0.3) is 0 Å². The van der Waals surface area contributed by atoms with Crippen LogP contribution < -0.4 is 10.6 Å². The van der Waals surface area contributed by atoms with Crippen LogP contribution in [0.5, 0.6) is 0 Å². The van der Waals surface area contributed by atoms with Crippen molar-refractivity contribution in [2.45, 2.75) is 65.1 Å². The Hall–Kier alpha value is -0.610. The van der Waals surface area contributed by atoms with Gasteiger partial charge >= 0.3 is 0 Å². The third-order valence-corrected chi connectivity index (χ3v) is 3.83. The zero-order chi connectivity index (χ0) is 13.5. The zero-order valence-corrected chi connectivity index (χ0v) is 12.2. The van der Waals surface area contributed by atoms with Crippen LogP contribution in [-0.4, -0.2) is 37.2 Å². The Kier molecular flexibility index (Phi) is 6.65. The SMILES string of the molecule is CCC(C)NC(=O)C(C)NCC1CCOC1CC. The molecule has 0 spiro atoms. The zero-order valence-electron chi connectivity index (χ0n) is 12.2. The van der Waals surface area contributed by atoms with Gasteiger partial charge in [0.2, 0.25) is 5.91 Å². The van der Waals surface area contributed by atoms with E-state index >= 15 is 0 Å². The van der Waals surface area contributed by atoms with Gasteiger partial charge in [-0.25, -0.2) is 0 Å². The molecule has 4 atom stereocenters. The van der Waals surface area contributed by atoms with Crippen LogP contribution in [0.15, 0.2) is 0 Å². The molecule has 0 radical (unpaired) electrons. The highest BCUT2D eigenvalue weighted by Gasteiger charge is 2.27. The molecule has 0 bridgehead atoms. The molecule has 1 rings (SSSR count). The van der Waals surface area contributed by atoms with Crippen LogP contribution in [0.3, 0.4) is 0 Å². The first kappa shape index (κ1) is 15.4. The molecule has 1 aliphatic heterocycles. The number of amides is 1. The number of ether oxygens (including phenoxy) is 1. The summed E-state index contributed by atoms with van der Waals surface area (Å²) < 4.78 is 5.65. The Morgan fingerprint density at radius 3 is 2.72 bits per heavy atom. The molecule has 106 valence electrons. The summed E-state index contributed by atoms with van der Waals surface area (Å²) >= 11 is 0. The minimum absolute atomic E-state index is 0.0938. The van der Waals surface area contributed by atoms with E-state index in [9.17, 15) is 4.79 Å². The molecule has 1 amide bonds. The molecule has 2 N–H and O–H groups in total. The third-order valence-electron chi connectivity index (χ3n) is 3.83. The van der Waals surface area contributed by atoms with E-state index in [4.69, 9.17) is 4.74 Å². The fraction of sp³-hybridized carbons (Fsp3) is 0.929. The lowest BCUT2D eigenvalue weighted by Gasteiger charge is -2.21. The summed E-state index contributed by atoms with van der Waals surface area (Å²) in [4.78, 5) is 11.9. The minimum atomic E-state index is -0.128. The number of carbonyl (C=O) groups is 1. The largest absolute Gasteiger partial charge is 0.378 e. The third kappa shape index (κ3) is 4.58. The Morgan fingerprint density at radius 2 is 2.11 bits per heavy atom. The van der Waals surface area contributed by atoms with Gasteiger partial charge in [0.15, 0.2) is 0 Å². The molecule has 0 saturated carbocycles. The van der Waals surface area contributed by atoms with Crippen molar-refractivity contribution in [3.05, 3.63) is 0 Å². The van der Waals surface area contributed by atoms with Crippen LogP contribution in [0, 0.1) is 5.92 Å². The molecule has 18 heavy (non-hydrogen) atoms. The van der Waals surface area contributed by atoms with Crippen molar-refractivity contribution in [1.29, 1.82) is 0 Å². The average molecular weight is 256 g/mol. The topological polar surface area (TPSA) is 50.4 Å². The molecular weight excluding hydrogens is 228 g/mol. The number of nitrogens with one attached hydrogen (secondary N) is 2. The number of hydrogen-bond donors (Lipinski definition) is 2. The van der Waals surface area contributed by atoms with E-state index in [1.807, 2.05) is 13.8 Å². The van der Waals surface area contributed by atoms with Gasteiger partial charge in [-0.1, -0.05) is 13.8 Å². The van der Waals surface area contributed by atoms with Crippen molar-refractivity contribution >= 4 is 5.91 Å². The summed E-state index contributed by atoms with van der Waals surface area (Å²) in [6.45, 7) is 9.91. The molecular formula is C14H28N2O2. The highest BCUT2D eigenvalue weighted by Crippen LogP contribution is 2.22. The molecule has 0 aliphatic carbocycles. The second kappa shape index (κ2) is 7.74. The van der Waals surface area contributed by atoms with Crippen LogP contribution in [0.1, 0.15) is 47.0 Å². The first-order valence-electron chi connectivity index (χ1n) is 7.23. The van der Waals surface area contributed by atoms with Crippen LogP contribution in [0.2, 0.25) is 0 Å². The van der Waals surface area contributed by atoms with E-state index in [2.05, 4.69) is 24.5 Å². The fourth-order valence-electron chi connectivity index (χ4n) is 2.27. The van der Waals surface area contributed by atoms with Crippen molar-refractivity contribution in [2.75, 3.05) is 13.2 Å². The molecule has 1 fully saturated rings. The lowest BCUT2D eigenvalue weighted by Crippen LogP contribution is -2.47.